The summed E-state index contributed by atoms with van der Waals surface area (Å²) in [7, 11) is 1.89. The van der Waals surface area contributed by atoms with E-state index in [1.807, 2.05) is 36.0 Å². The largest absolute Gasteiger partial charge is 0.411 e. The third kappa shape index (κ3) is 2.93. The van der Waals surface area contributed by atoms with Crippen molar-refractivity contribution >= 4 is 46.0 Å². The lowest BCUT2D eigenvalue weighted by molar-refractivity contribution is 0.319. The van der Waals surface area contributed by atoms with E-state index in [2.05, 4.69) is 15.3 Å². The van der Waals surface area contributed by atoms with Crippen LogP contribution >= 0.6 is 23.2 Å². The highest BCUT2D eigenvalue weighted by Crippen LogP contribution is 2.24. The Balaban J connectivity index is 2.18. The van der Waals surface area contributed by atoms with Crippen molar-refractivity contribution in [3.05, 3.63) is 63.5 Å². The van der Waals surface area contributed by atoms with Gasteiger partial charge in [-0.25, -0.2) is 4.98 Å². The van der Waals surface area contributed by atoms with Gasteiger partial charge in [-0.05, 0) is 24.3 Å². The average molecular weight is 363 g/mol. The monoisotopic (exact) mass is 362 g/mol. The van der Waals surface area contributed by atoms with E-state index in [-0.39, 0.29) is 10.3 Å². The third-order valence-corrected chi connectivity index (χ3v) is 4.01. The van der Waals surface area contributed by atoms with Crippen LogP contribution in [0.2, 0.25) is 10.3 Å². The van der Waals surface area contributed by atoms with Gasteiger partial charge in [0.25, 0.3) is 0 Å². The van der Waals surface area contributed by atoms with E-state index >= 15 is 0 Å². The number of halogens is 2. The number of rotatable bonds is 3. The second kappa shape index (κ2) is 6.51. The Labute approximate surface area is 147 Å². The molecule has 6 nitrogen and oxygen atoms in total. The highest BCUT2D eigenvalue weighted by molar-refractivity contribution is 6.33. The van der Waals surface area contributed by atoms with E-state index in [4.69, 9.17) is 28.4 Å². The zero-order valence-electron chi connectivity index (χ0n) is 12.5. The van der Waals surface area contributed by atoms with Crippen LogP contribution in [0.5, 0.6) is 0 Å². The van der Waals surface area contributed by atoms with Crippen LogP contribution in [-0.2, 0) is 7.05 Å². The summed E-state index contributed by atoms with van der Waals surface area (Å²) in [6.45, 7) is 0. The van der Waals surface area contributed by atoms with Crippen molar-refractivity contribution in [3.63, 3.8) is 0 Å². The number of nitrogens with zero attached hydrogens (tertiary/aromatic N) is 4. The molecule has 0 atom stereocenters. The van der Waals surface area contributed by atoms with Crippen LogP contribution < -0.4 is 0 Å². The van der Waals surface area contributed by atoms with E-state index in [1.54, 1.807) is 12.1 Å². The van der Waals surface area contributed by atoms with Crippen molar-refractivity contribution in [2.75, 3.05) is 0 Å². The molecule has 0 radical (unpaired) electrons. The number of hydrogen-bond acceptors (Lipinski definition) is 5. The Kier molecular flexibility index (Phi) is 4.42. The van der Waals surface area contributed by atoms with E-state index in [9.17, 15) is 5.21 Å². The van der Waals surface area contributed by atoms with Gasteiger partial charge in [-0.15, -0.1) is 0 Å². The lowest BCUT2D eigenvalue weighted by atomic mass is 10.0. The maximum absolute atomic E-state index is 9.47. The maximum Gasteiger partial charge on any atom is 0.131 e. The average Bonchev–Trinajstić information content (AvgIpc) is 2.84. The number of hydrogen-bond donors (Lipinski definition) is 2. The van der Waals surface area contributed by atoms with E-state index < -0.39 is 0 Å². The molecule has 0 fully saturated rings. The second-order valence-corrected chi connectivity index (χ2v) is 5.90. The summed E-state index contributed by atoms with van der Waals surface area (Å²) in [6, 6.07) is 8.67. The number of aryl methyl sites for hydroxylation is 1. The van der Waals surface area contributed by atoms with Gasteiger partial charge in [0, 0.05) is 40.8 Å². The van der Waals surface area contributed by atoms with Gasteiger partial charge in [0.2, 0.25) is 0 Å². The molecular formula is C16H12Cl2N4O2. The van der Waals surface area contributed by atoms with E-state index in [0.717, 1.165) is 16.5 Å². The van der Waals surface area contributed by atoms with Crippen molar-refractivity contribution in [2.24, 2.45) is 17.4 Å². The molecule has 1 aromatic carbocycles. The SMILES string of the molecule is Cn1cc(C=NO)c2cc(C(=NO)c3cc(Cl)nc(Cl)c3)ccc21. The standard InChI is InChI=1S/C16H12Cl2N4O2/c1-22-8-11(7-19-23)12-4-9(2-3-13(12)22)16(21-24)10-5-14(17)20-15(18)6-10/h2-8,23-24H,1H3. The molecule has 0 unspecified atom stereocenters. The molecule has 0 saturated heterocycles. The Morgan fingerprint density at radius 3 is 2.46 bits per heavy atom. The van der Waals surface area contributed by atoms with Gasteiger partial charge < -0.3 is 15.0 Å². The molecule has 2 N–H and O–H groups in total. The summed E-state index contributed by atoms with van der Waals surface area (Å²) in [4.78, 5) is 3.88. The molecule has 0 aliphatic heterocycles. The Morgan fingerprint density at radius 2 is 1.83 bits per heavy atom. The smallest absolute Gasteiger partial charge is 0.131 e. The molecule has 0 bridgehead atoms. The van der Waals surface area contributed by atoms with Gasteiger partial charge in [0.1, 0.15) is 16.0 Å². The summed E-state index contributed by atoms with van der Waals surface area (Å²) >= 11 is 11.8. The van der Waals surface area contributed by atoms with Crippen LogP contribution in [0.1, 0.15) is 16.7 Å². The minimum atomic E-state index is 0.201. The minimum absolute atomic E-state index is 0.201. The third-order valence-electron chi connectivity index (χ3n) is 3.63. The molecular weight excluding hydrogens is 351 g/mol. The van der Waals surface area contributed by atoms with Crippen LogP contribution in [0, 0.1) is 0 Å². The fraction of sp³-hybridized carbons (Fsp3) is 0.0625. The predicted molar refractivity (Wildman–Crippen MR) is 94.0 cm³/mol. The molecule has 0 spiro atoms. The summed E-state index contributed by atoms with van der Waals surface area (Å²) in [5.41, 5.74) is 3.17. The van der Waals surface area contributed by atoms with Gasteiger partial charge in [0.15, 0.2) is 0 Å². The highest BCUT2D eigenvalue weighted by Gasteiger charge is 2.13. The molecule has 2 aromatic heterocycles. The Hall–Kier alpha value is -2.57. The summed E-state index contributed by atoms with van der Waals surface area (Å²) in [6.07, 6.45) is 3.19. The van der Waals surface area contributed by atoms with Crippen LogP contribution in [-0.4, -0.2) is 31.9 Å². The summed E-state index contributed by atoms with van der Waals surface area (Å²) < 4.78 is 1.91. The molecule has 2 heterocycles. The molecule has 0 amide bonds. The highest BCUT2D eigenvalue weighted by atomic mass is 35.5. The van der Waals surface area contributed by atoms with Crippen molar-refractivity contribution in [3.8, 4) is 0 Å². The zero-order chi connectivity index (χ0) is 17.3. The van der Waals surface area contributed by atoms with Gasteiger partial charge in [-0.2, -0.15) is 0 Å². The first-order valence-electron chi connectivity index (χ1n) is 6.86. The topological polar surface area (TPSA) is 83.0 Å². The fourth-order valence-corrected chi connectivity index (χ4v) is 3.08. The number of pyridine rings is 1. The molecule has 3 rings (SSSR count). The lowest BCUT2D eigenvalue weighted by Gasteiger charge is -2.07. The first kappa shape index (κ1) is 16.3. The van der Waals surface area contributed by atoms with Gasteiger partial charge in [-0.1, -0.05) is 39.6 Å². The van der Waals surface area contributed by atoms with Gasteiger partial charge in [0.05, 0.1) is 6.21 Å². The molecule has 8 heteroatoms. The number of benzene rings is 1. The zero-order valence-corrected chi connectivity index (χ0v) is 14.0. The maximum atomic E-state index is 9.47. The van der Waals surface area contributed by atoms with Crippen LogP contribution in [0.4, 0.5) is 0 Å². The van der Waals surface area contributed by atoms with Crippen LogP contribution in [0.3, 0.4) is 0 Å². The lowest BCUT2D eigenvalue weighted by Crippen LogP contribution is -2.04. The summed E-state index contributed by atoms with van der Waals surface area (Å²) in [5.74, 6) is 0. The Bertz CT molecular complexity index is 959. The van der Waals surface area contributed by atoms with Gasteiger partial charge >= 0.3 is 0 Å². The quantitative estimate of drug-likeness (QED) is 0.320. The summed E-state index contributed by atoms with van der Waals surface area (Å²) in [5, 5.41) is 26.0. The number of oxime groups is 2. The van der Waals surface area contributed by atoms with Crippen molar-refractivity contribution in [1.29, 1.82) is 0 Å². The minimum Gasteiger partial charge on any atom is -0.411 e. The number of aromatic nitrogens is 2. The van der Waals surface area contributed by atoms with E-state index in [0.29, 0.717) is 16.8 Å². The molecule has 122 valence electrons. The second-order valence-electron chi connectivity index (χ2n) is 5.12. The Morgan fingerprint density at radius 1 is 1.12 bits per heavy atom. The molecule has 3 aromatic rings. The van der Waals surface area contributed by atoms with Crippen LogP contribution in [0.25, 0.3) is 10.9 Å². The normalized spacial score (nSPS) is 12.4. The first-order valence-corrected chi connectivity index (χ1v) is 7.61. The molecule has 0 saturated carbocycles. The van der Waals surface area contributed by atoms with Crippen molar-refractivity contribution < 1.29 is 10.4 Å². The predicted octanol–water partition coefficient (Wildman–Crippen LogP) is 3.91. The molecule has 0 aliphatic rings. The number of fused-ring (bicyclic) bond motifs is 1. The van der Waals surface area contributed by atoms with Crippen LogP contribution in [0.15, 0.2) is 46.8 Å². The molecule has 0 aliphatic carbocycles. The molecule has 24 heavy (non-hydrogen) atoms. The fourth-order valence-electron chi connectivity index (χ4n) is 2.62. The van der Waals surface area contributed by atoms with Gasteiger partial charge in [-0.3, -0.25) is 0 Å². The van der Waals surface area contributed by atoms with Crippen molar-refractivity contribution in [1.82, 2.24) is 9.55 Å². The van der Waals surface area contributed by atoms with E-state index in [1.165, 1.54) is 6.21 Å². The first-order chi connectivity index (χ1) is 11.5. The van der Waals surface area contributed by atoms with Crippen molar-refractivity contribution in [2.45, 2.75) is 0 Å².